The van der Waals surface area contributed by atoms with E-state index in [1.807, 2.05) is 13.8 Å². The largest absolute Gasteiger partial charge is 0.496 e. The van der Waals surface area contributed by atoms with Gasteiger partial charge in [0, 0.05) is 19.0 Å². The fourth-order valence-corrected chi connectivity index (χ4v) is 5.25. The summed E-state index contributed by atoms with van der Waals surface area (Å²) in [6.45, 7) is 4.98. The van der Waals surface area contributed by atoms with Crippen molar-refractivity contribution in [1.29, 1.82) is 0 Å². The number of methoxy groups -OCH3 is 1. The number of hydrogen-bond acceptors (Lipinski definition) is 7. The van der Waals surface area contributed by atoms with Gasteiger partial charge in [-0.3, -0.25) is 10.1 Å². The minimum atomic E-state index is -3.65. The van der Waals surface area contributed by atoms with Crippen molar-refractivity contribution in [2.24, 2.45) is 0 Å². The fraction of sp³-hybridized carbons (Fsp3) is 0.500. The van der Waals surface area contributed by atoms with Gasteiger partial charge < -0.3 is 4.74 Å². The van der Waals surface area contributed by atoms with Crippen LogP contribution in [-0.2, 0) is 10.0 Å². The van der Waals surface area contributed by atoms with E-state index in [0.717, 1.165) is 24.3 Å². The van der Waals surface area contributed by atoms with Crippen LogP contribution in [0.25, 0.3) is 0 Å². The van der Waals surface area contributed by atoms with E-state index < -0.39 is 15.9 Å². The summed E-state index contributed by atoms with van der Waals surface area (Å²) in [6, 6.07) is 4.34. The zero-order chi connectivity index (χ0) is 20.3. The summed E-state index contributed by atoms with van der Waals surface area (Å²) in [7, 11) is -2.21. The lowest BCUT2D eigenvalue weighted by molar-refractivity contribution is 0.102. The topological polar surface area (TPSA) is 101 Å². The van der Waals surface area contributed by atoms with Crippen LogP contribution >= 0.6 is 11.3 Å². The molecule has 0 spiro atoms. The van der Waals surface area contributed by atoms with E-state index in [1.54, 1.807) is 0 Å². The Hall–Kier alpha value is -2.04. The predicted molar refractivity (Wildman–Crippen MR) is 108 cm³/mol. The third-order valence-electron chi connectivity index (χ3n) is 4.52. The highest BCUT2D eigenvalue weighted by Crippen LogP contribution is 2.28. The van der Waals surface area contributed by atoms with Crippen molar-refractivity contribution in [3.63, 3.8) is 0 Å². The first kappa shape index (κ1) is 20.7. The molecule has 1 amide bonds. The number of hydrogen-bond donors (Lipinski definition) is 1. The first-order chi connectivity index (χ1) is 13.3. The number of sulfonamides is 1. The van der Waals surface area contributed by atoms with Gasteiger partial charge in [0.05, 0.1) is 17.6 Å². The maximum absolute atomic E-state index is 12.9. The number of benzene rings is 1. The van der Waals surface area contributed by atoms with Crippen LogP contribution in [0.1, 0.15) is 54.4 Å². The van der Waals surface area contributed by atoms with Crippen LogP contribution < -0.4 is 10.1 Å². The number of nitrogens with zero attached hydrogens (tertiary/aromatic N) is 3. The van der Waals surface area contributed by atoms with Crippen LogP contribution in [-0.4, -0.2) is 49.0 Å². The Labute approximate surface area is 169 Å². The third-order valence-corrected chi connectivity index (χ3v) is 7.56. The molecule has 0 aliphatic carbocycles. The Morgan fingerprint density at radius 3 is 2.54 bits per heavy atom. The lowest BCUT2D eigenvalue weighted by atomic mass is 10.2. The van der Waals surface area contributed by atoms with Crippen molar-refractivity contribution in [2.45, 2.75) is 43.9 Å². The Bertz CT molecular complexity index is 950. The first-order valence-corrected chi connectivity index (χ1v) is 11.4. The molecule has 0 radical (unpaired) electrons. The van der Waals surface area contributed by atoms with E-state index in [9.17, 15) is 13.2 Å². The molecule has 10 heteroatoms. The van der Waals surface area contributed by atoms with Gasteiger partial charge in [-0.2, -0.15) is 4.31 Å². The fourth-order valence-electron chi connectivity index (χ4n) is 2.96. The molecule has 1 aliphatic rings. The van der Waals surface area contributed by atoms with Gasteiger partial charge in [0.2, 0.25) is 15.2 Å². The number of rotatable bonds is 6. The lowest BCUT2D eigenvalue weighted by Crippen LogP contribution is -2.35. The maximum Gasteiger partial charge on any atom is 0.261 e. The molecule has 1 aromatic heterocycles. The highest BCUT2D eigenvalue weighted by molar-refractivity contribution is 7.89. The number of piperidine rings is 1. The number of aromatic nitrogens is 2. The molecule has 1 aliphatic heterocycles. The minimum Gasteiger partial charge on any atom is -0.496 e. The second kappa shape index (κ2) is 8.54. The second-order valence-corrected chi connectivity index (χ2v) is 9.83. The van der Waals surface area contributed by atoms with Gasteiger partial charge in [-0.05, 0) is 31.0 Å². The van der Waals surface area contributed by atoms with Crippen LogP contribution in [0.15, 0.2) is 23.1 Å². The molecule has 0 unspecified atom stereocenters. The monoisotopic (exact) mass is 424 g/mol. The highest BCUT2D eigenvalue weighted by atomic mass is 32.2. The molecule has 1 saturated heterocycles. The van der Waals surface area contributed by atoms with E-state index >= 15 is 0 Å². The van der Waals surface area contributed by atoms with Crippen molar-refractivity contribution in [2.75, 3.05) is 25.5 Å². The van der Waals surface area contributed by atoms with E-state index in [1.165, 1.54) is 41.0 Å². The predicted octanol–water partition coefficient (Wildman–Crippen LogP) is 3.10. The average molecular weight is 425 g/mol. The Balaban J connectivity index is 1.88. The smallest absolute Gasteiger partial charge is 0.261 e. The molecular formula is C18H24N4O4S2. The number of ether oxygens (including phenoxy) is 1. The maximum atomic E-state index is 12.9. The number of nitrogens with one attached hydrogen (secondary N) is 1. The summed E-state index contributed by atoms with van der Waals surface area (Å²) in [5.74, 6) is 0.0124. The summed E-state index contributed by atoms with van der Waals surface area (Å²) in [5, 5.41) is 11.9. The molecule has 2 heterocycles. The minimum absolute atomic E-state index is 0.0838. The number of carbonyl (C=O) groups is 1. The second-order valence-electron chi connectivity index (χ2n) is 6.88. The SMILES string of the molecule is COc1ccc(S(=O)(=O)N2CCCCC2)cc1C(=O)Nc1nnc(C(C)C)s1. The number of carbonyl (C=O) groups excluding carboxylic acids is 1. The van der Waals surface area contributed by atoms with E-state index in [2.05, 4.69) is 15.5 Å². The third kappa shape index (κ3) is 4.34. The van der Waals surface area contributed by atoms with Crippen molar-refractivity contribution < 1.29 is 17.9 Å². The van der Waals surface area contributed by atoms with Crippen molar-refractivity contribution in [3.8, 4) is 5.75 Å². The summed E-state index contributed by atoms with van der Waals surface area (Å²) < 4.78 is 32.6. The number of amides is 1. The number of anilines is 1. The molecular weight excluding hydrogens is 400 g/mol. The van der Waals surface area contributed by atoms with Crippen LogP contribution in [0.4, 0.5) is 5.13 Å². The standard InChI is InChI=1S/C18H24N4O4S2/c1-12(2)17-20-21-18(27-17)19-16(23)14-11-13(7-8-15(14)26-3)28(24,25)22-9-5-4-6-10-22/h7-8,11-12H,4-6,9-10H2,1-3H3,(H,19,21,23). The zero-order valence-electron chi connectivity index (χ0n) is 16.1. The van der Waals surface area contributed by atoms with Gasteiger partial charge in [0.15, 0.2) is 0 Å². The summed E-state index contributed by atoms with van der Waals surface area (Å²) in [6.07, 6.45) is 2.72. The summed E-state index contributed by atoms with van der Waals surface area (Å²) in [5.41, 5.74) is 0.141. The average Bonchev–Trinajstić information content (AvgIpc) is 3.17. The van der Waals surface area contributed by atoms with Gasteiger partial charge >= 0.3 is 0 Å². The van der Waals surface area contributed by atoms with Crippen LogP contribution in [0.3, 0.4) is 0 Å². The molecule has 0 bridgehead atoms. The van der Waals surface area contributed by atoms with Gasteiger partial charge in [-0.25, -0.2) is 8.42 Å². The van der Waals surface area contributed by atoms with Crippen molar-refractivity contribution in [3.05, 3.63) is 28.8 Å². The van der Waals surface area contributed by atoms with Crippen molar-refractivity contribution in [1.82, 2.24) is 14.5 Å². The lowest BCUT2D eigenvalue weighted by Gasteiger charge is -2.26. The van der Waals surface area contributed by atoms with E-state index in [0.29, 0.717) is 24.0 Å². The quantitative estimate of drug-likeness (QED) is 0.765. The summed E-state index contributed by atoms with van der Waals surface area (Å²) in [4.78, 5) is 12.9. The molecule has 1 N–H and O–H groups in total. The molecule has 152 valence electrons. The molecule has 1 fully saturated rings. The van der Waals surface area contributed by atoms with Gasteiger partial charge in [-0.15, -0.1) is 10.2 Å². The van der Waals surface area contributed by atoms with Crippen LogP contribution in [0.5, 0.6) is 5.75 Å². The Morgan fingerprint density at radius 2 is 1.93 bits per heavy atom. The zero-order valence-corrected chi connectivity index (χ0v) is 17.8. The molecule has 2 aromatic rings. The Morgan fingerprint density at radius 1 is 1.21 bits per heavy atom. The summed E-state index contributed by atoms with van der Waals surface area (Å²) >= 11 is 1.29. The highest BCUT2D eigenvalue weighted by Gasteiger charge is 2.28. The van der Waals surface area contributed by atoms with Crippen LogP contribution in [0, 0.1) is 0 Å². The molecule has 1 aromatic carbocycles. The van der Waals surface area contributed by atoms with E-state index in [-0.39, 0.29) is 16.4 Å². The normalized spacial score (nSPS) is 15.6. The molecule has 0 atom stereocenters. The van der Waals surface area contributed by atoms with Gasteiger partial charge in [-0.1, -0.05) is 31.6 Å². The Kier molecular flexibility index (Phi) is 6.31. The molecule has 3 rings (SSSR count). The first-order valence-electron chi connectivity index (χ1n) is 9.16. The molecule has 8 nitrogen and oxygen atoms in total. The molecule has 28 heavy (non-hydrogen) atoms. The molecule has 0 saturated carbocycles. The van der Waals surface area contributed by atoms with Gasteiger partial charge in [0.1, 0.15) is 10.8 Å². The van der Waals surface area contributed by atoms with Gasteiger partial charge in [0.25, 0.3) is 5.91 Å². The van der Waals surface area contributed by atoms with Crippen LogP contribution in [0.2, 0.25) is 0 Å². The van der Waals surface area contributed by atoms with E-state index in [4.69, 9.17) is 4.74 Å². The van der Waals surface area contributed by atoms with Crippen molar-refractivity contribution >= 4 is 32.4 Å².